The van der Waals surface area contributed by atoms with Crippen LogP contribution in [0.4, 0.5) is 13.2 Å². The molecule has 0 spiro atoms. The molecule has 0 bridgehead atoms. The van der Waals surface area contributed by atoms with Crippen molar-refractivity contribution in [1.82, 2.24) is 0 Å². The molecule has 31 heavy (non-hydrogen) atoms. The molecule has 0 atom stereocenters. The Morgan fingerprint density at radius 1 is 0.871 bits per heavy atom. The van der Waals surface area contributed by atoms with Crippen LogP contribution in [-0.2, 0) is 0 Å². The SMILES string of the molecule is CCCC1CCC(CCCOc2ccc(C3CCC(CC)CC3)c(C(F)F)c2F)CC1. The minimum atomic E-state index is -2.80. The van der Waals surface area contributed by atoms with E-state index < -0.39 is 17.8 Å². The van der Waals surface area contributed by atoms with Crippen molar-refractivity contribution in [2.24, 2.45) is 17.8 Å². The summed E-state index contributed by atoms with van der Waals surface area (Å²) >= 11 is 0. The third-order valence-corrected chi connectivity index (χ3v) is 7.94. The van der Waals surface area contributed by atoms with Crippen LogP contribution in [0, 0.1) is 23.6 Å². The van der Waals surface area contributed by atoms with Crippen molar-refractivity contribution in [3.8, 4) is 5.75 Å². The Balaban J connectivity index is 1.52. The first-order chi connectivity index (χ1) is 15.0. The normalized spacial score (nSPS) is 26.9. The molecule has 0 saturated heterocycles. The molecule has 2 aliphatic carbocycles. The van der Waals surface area contributed by atoms with Crippen molar-refractivity contribution in [3.63, 3.8) is 0 Å². The smallest absolute Gasteiger partial charge is 0.267 e. The molecule has 2 saturated carbocycles. The summed E-state index contributed by atoms with van der Waals surface area (Å²) in [4.78, 5) is 0. The van der Waals surface area contributed by atoms with E-state index in [4.69, 9.17) is 4.74 Å². The zero-order valence-corrected chi connectivity index (χ0v) is 19.5. The molecule has 2 fully saturated rings. The van der Waals surface area contributed by atoms with Gasteiger partial charge in [-0.2, -0.15) is 0 Å². The standard InChI is InChI=1S/C27H41F3O/c1-3-6-20-8-10-21(11-9-20)7-5-18-31-24-17-16-23(25(26(24)28)27(29)30)22-14-12-19(4-2)13-15-22/h16-17,19-22,27H,3-15,18H2,1-2H3. The summed E-state index contributed by atoms with van der Waals surface area (Å²) in [6.45, 7) is 4.83. The molecule has 1 nitrogen and oxygen atoms in total. The van der Waals surface area contributed by atoms with Gasteiger partial charge in [0, 0.05) is 0 Å². The van der Waals surface area contributed by atoms with Crippen LogP contribution in [0.5, 0.6) is 5.75 Å². The van der Waals surface area contributed by atoms with Crippen LogP contribution < -0.4 is 4.74 Å². The number of hydrogen-bond acceptors (Lipinski definition) is 1. The predicted molar refractivity (Wildman–Crippen MR) is 121 cm³/mol. The van der Waals surface area contributed by atoms with Crippen LogP contribution in [-0.4, -0.2) is 6.61 Å². The van der Waals surface area contributed by atoms with Crippen LogP contribution in [0.15, 0.2) is 12.1 Å². The summed E-state index contributed by atoms with van der Waals surface area (Å²) in [7, 11) is 0. The first-order valence-electron chi connectivity index (χ1n) is 12.8. The Hall–Kier alpha value is -1.19. The number of rotatable bonds is 10. The van der Waals surface area contributed by atoms with Gasteiger partial charge < -0.3 is 4.74 Å². The van der Waals surface area contributed by atoms with Crippen molar-refractivity contribution >= 4 is 0 Å². The third-order valence-electron chi connectivity index (χ3n) is 7.94. The topological polar surface area (TPSA) is 9.23 Å². The maximum atomic E-state index is 15.0. The van der Waals surface area contributed by atoms with Gasteiger partial charge in [-0.3, -0.25) is 0 Å². The zero-order chi connectivity index (χ0) is 22.2. The quantitative estimate of drug-likeness (QED) is 0.331. The molecule has 0 radical (unpaired) electrons. The van der Waals surface area contributed by atoms with Crippen molar-refractivity contribution in [2.75, 3.05) is 6.61 Å². The number of ether oxygens (including phenoxy) is 1. The number of alkyl halides is 2. The van der Waals surface area contributed by atoms with Crippen molar-refractivity contribution in [1.29, 1.82) is 0 Å². The second kappa shape index (κ2) is 12.2. The molecule has 0 aromatic heterocycles. The molecule has 0 aliphatic heterocycles. The Morgan fingerprint density at radius 3 is 2.06 bits per heavy atom. The minimum absolute atomic E-state index is 0.00653. The van der Waals surface area contributed by atoms with Gasteiger partial charge >= 0.3 is 0 Å². The Kier molecular flexibility index (Phi) is 9.59. The van der Waals surface area contributed by atoms with E-state index in [1.165, 1.54) is 38.5 Å². The molecule has 3 rings (SSSR count). The Morgan fingerprint density at radius 2 is 1.48 bits per heavy atom. The van der Waals surface area contributed by atoms with Gasteiger partial charge in [-0.05, 0) is 73.8 Å². The molecule has 4 heteroatoms. The van der Waals surface area contributed by atoms with E-state index in [0.717, 1.165) is 56.8 Å². The van der Waals surface area contributed by atoms with E-state index in [-0.39, 0.29) is 11.7 Å². The zero-order valence-electron chi connectivity index (χ0n) is 19.5. The van der Waals surface area contributed by atoms with E-state index in [1.807, 2.05) is 0 Å². The largest absolute Gasteiger partial charge is 0.491 e. The molecule has 176 valence electrons. The summed E-state index contributed by atoms with van der Waals surface area (Å²) in [6, 6.07) is 3.28. The minimum Gasteiger partial charge on any atom is -0.491 e. The van der Waals surface area contributed by atoms with Crippen LogP contribution in [0.3, 0.4) is 0 Å². The highest BCUT2D eigenvalue weighted by Crippen LogP contribution is 2.43. The third kappa shape index (κ3) is 6.65. The summed E-state index contributed by atoms with van der Waals surface area (Å²) in [6.07, 6.45) is 11.9. The summed E-state index contributed by atoms with van der Waals surface area (Å²) in [5, 5.41) is 0. The van der Waals surface area contributed by atoms with Crippen LogP contribution in [0.25, 0.3) is 0 Å². The highest BCUT2D eigenvalue weighted by Gasteiger charge is 2.29. The highest BCUT2D eigenvalue weighted by atomic mass is 19.3. The van der Waals surface area contributed by atoms with E-state index in [0.29, 0.717) is 18.1 Å². The van der Waals surface area contributed by atoms with Crippen molar-refractivity contribution in [3.05, 3.63) is 29.1 Å². The summed E-state index contributed by atoms with van der Waals surface area (Å²) < 4.78 is 48.2. The lowest BCUT2D eigenvalue weighted by atomic mass is 9.76. The monoisotopic (exact) mass is 438 g/mol. The van der Waals surface area contributed by atoms with Gasteiger partial charge in [-0.1, -0.05) is 64.9 Å². The van der Waals surface area contributed by atoms with Crippen molar-refractivity contribution in [2.45, 2.75) is 110 Å². The maximum Gasteiger partial charge on any atom is 0.267 e. The maximum absolute atomic E-state index is 15.0. The van der Waals surface area contributed by atoms with Gasteiger partial charge in [0.25, 0.3) is 6.43 Å². The molecular formula is C27H41F3O. The molecule has 1 aromatic carbocycles. The number of halogens is 3. The van der Waals surface area contributed by atoms with Crippen molar-refractivity contribution < 1.29 is 17.9 Å². The molecule has 1 aromatic rings. The van der Waals surface area contributed by atoms with E-state index in [2.05, 4.69) is 13.8 Å². The number of benzene rings is 1. The van der Waals surface area contributed by atoms with Gasteiger partial charge in [0.1, 0.15) is 0 Å². The molecule has 0 N–H and O–H groups in total. The van der Waals surface area contributed by atoms with Crippen LogP contribution in [0.2, 0.25) is 0 Å². The second-order valence-electron chi connectivity index (χ2n) is 9.97. The molecule has 0 unspecified atom stereocenters. The van der Waals surface area contributed by atoms with Gasteiger partial charge in [0.15, 0.2) is 11.6 Å². The predicted octanol–water partition coefficient (Wildman–Crippen LogP) is 9.21. The van der Waals surface area contributed by atoms with E-state index >= 15 is 0 Å². The van der Waals surface area contributed by atoms with E-state index in [9.17, 15) is 13.2 Å². The summed E-state index contributed by atoms with van der Waals surface area (Å²) in [5.41, 5.74) is 0.0740. The lowest BCUT2D eigenvalue weighted by molar-refractivity contribution is 0.141. The first-order valence-corrected chi connectivity index (χ1v) is 12.8. The van der Waals surface area contributed by atoms with Gasteiger partial charge in [-0.25, -0.2) is 13.2 Å². The fourth-order valence-electron chi connectivity index (χ4n) is 5.93. The summed E-state index contributed by atoms with van der Waals surface area (Å²) in [5.74, 6) is 1.51. The first kappa shape index (κ1) is 24.5. The van der Waals surface area contributed by atoms with Crippen LogP contribution >= 0.6 is 0 Å². The molecule has 2 aliphatic rings. The Labute approximate surface area is 187 Å². The molecule has 0 heterocycles. The van der Waals surface area contributed by atoms with Gasteiger partial charge in [-0.15, -0.1) is 0 Å². The van der Waals surface area contributed by atoms with Gasteiger partial charge in [0.05, 0.1) is 12.2 Å². The van der Waals surface area contributed by atoms with E-state index in [1.54, 1.807) is 12.1 Å². The highest BCUT2D eigenvalue weighted by molar-refractivity contribution is 5.40. The fraction of sp³-hybridized carbons (Fsp3) is 0.778. The second-order valence-corrected chi connectivity index (χ2v) is 9.97. The lowest BCUT2D eigenvalue weighted by Gasteiger charge is -2.29. The fourth-order valence-corrected chi connectivity index (χ4v) is 5.93. The molecule has 0 amide bonds. The average Bonchev–Trinajstić information content (AvgIpc) is 2.78. The van der Waals surface area contributed by atoms with Crippen LogP contribution in [0.1, 0.15) is 121 Å². The number of hydrogen-bond donors (Lipinski definition) is 0. The van der Waals surface area contributed by atoms with Gasteiger partial charge in [0.2, 0.25) is 0 Å². The molecular weight excluding hydrogens is 397 g/mol. The average molecular weight is 439 g/mol. The lowest BCUT2D eigenvalue weighted by Crippen LogP contribution is -2.16. The Bertz CT molecular complexity index is 659.